The normalized spacial score (nSPS) is 17.8. The van der Waals surface area contributed by atoms with Crippen LogP contribution < -0.4 is 4.72 Å². The zero-order chi connectivity index (χ0) is 17.0. The molecule has 0 aliphatic carbocycles. The highest BCUT2D eigenvalue weighted by Gasteiger charge is 2.28. The first-order valence-corrected chi connectivity index (χ1v) is 9.16. The van der Waals surface area contributed by atoms with Crippen molar-refractivity contribution >= 4 is 23.1 Å². The minimum Gasteiger partial charge on any atom is -0.593 e. The number of rotatable bonds is 4. The van der Waals surface area contributed by atoms with Gasteiger partial charge in [0, 0.05) is 13.1 Å². The molecule has 0 spiro atoms. The highest BCUT2D eigenvalue weighted by Crippen LogP contribution is 2.28. The van der Waals surface area contributed by atoms with Crippen LogP contribution in [0.3, 0.4) is 0 Å². The summed E-state index contributed by atoms with van der Waals surface area (Å²) in [5.74, 6) is 0.469. The molecule has 1 atom stereocenters. The van der Waals surface area contributed by atoms with Gasteiger partial charge in [-0.25, -0.2) is 9.52 Å². The lowest BCUT2D eigenvalue weighted by Crippen LogP contribution is -2.38. The maximum absolute atomic E-state index is 12.3. The van der Waals surface area contributed by atoms with Crippen LogP contribution in [0.2, 0.25) is 0 Å². The second-order valence-electron chi connectivity index (χ2n) is 7.06. The van der Waals surface area contributed by atoms with Crippen LogP contribution >= 0.6 is 0 Å². The monoisotopic (exact) mass is 338 g/mol. The molecular formula is C17H26N2O3S. The van der Waals surface area contributed by atoms with Crippen LogP contribution in [0.5, 0.6) is 0 Å². The van der Waals surface area contributed by atoms with Crippen LogP contribution in [0.15, 0.2) is 24.3 Å². The number of nitrogens with zero attached hydrogens (tertiary/aromatic N) is 1. The van der Waals surface area contributed by atoms with E-state index < -0.39 is 17.5 Å². The zero-order valence-corrected chi connectivity index (χ0v) is 14.9. The first kappa shape index (κ1) is 17.9. The van der Waals surface area contributed by atoms with Gasteiger partial charge in [-0.15, -0.1) is 0 Å². The van der Waals surface area contributed by atoms with Crippen molar-refractivity contribution < 1.29 is 14.5 Å². The van der Waals surface area contributed by atoms with Crippen LogP contribution in [0.1, 0.15) is 39.2 Å². The van der Waals surface area contributed by atoms with Crippen LogP contribution in [-0.2, 0) is 17.8 Å². The van der Waals surface area contributed by atoms with E-state index in [0.717, 1.165) is 30.5 Å². The average Bonchev–Trinajstić information content (AvgIpc) is 2.48. The Hall–Kier alpha value is -1.40. The summed E-state index contributed by atoms with van der Waals surface area (Å²) in [4.78, 5) is 12.5. The second kappa shape index (κ2) is 7.45. The number of likely N-dealkylation sites (tertiary alicyclic amines) is 1. The summed E-state index contributed by atoms with van der Waals surface area (Å²) < 4.78 is 15.1. The van der Waals surface area contributed by atoms with E-state index in [1.807, 2.05) is 39.0 Å². The highest BCUT2D eigenvalue weighted by atomic mass is 32.2. The summed E-state index contributed by atoms with van der Waals surface area (Å²) in [5.41, 5.74) is 2.07. The number of hydrogen-bond acceptors (Lipinski definition) is 3. The Bertz CT molecular complexity index is 537. The Morgan fingerprint density at radius 3 is 2.52 bits per heavy atom. The molecule has 1 fully saturated rings. The van der Waals surface area contributed by atoms with E-state index in [1.165, 1.54) is 4.90 Å². The molecule has 0 unspecified atom stereocenters. The van der Waals surface area contributed by atoms with Crippen molar-refractivity contribution in [2.45, 2.75) is 44.8 Å². The van der Waals surface area contributed by atoms with Crippen molar-refractivity contribution in [1.82, 2.24) is 4.90 Å². The minimum absolute atomic E-state index is 0.320. The maximum Gasteiger partial charge on any atom is 0.407 e. The van der Waals surface area contributed by atoms with Crippen LogP contribution in [-0.4, -0.2) is 38.5 Å². The van der Waals surface area contributed by atoms with Gasteiger partial charge in [-0.2, -0.15) is 0 Å². The van der Waals surface area contributed by atoms with Crippen molar-refractivity contribution in [2.75, 3.05) is 17.8 Å². The van der Waals surface area contributed by atoms with Crippen molar-refractivity contribution in [2.24, 2.45) is 5.92 Å². The van der Waals surface area contributed by atoms with E-state index in [2.05, 4.69) is 10.8 Å². The van der Waals surface area contributed by atoms with Crippen LogP contribution in [0.4, 0.5) is 10.5 Å². The molecule has 6 heteroatoms. The highest BCUT2D eigenvalue weighted by molar-refractivity contribution is 7.94. The van der Waals surface area contributed by atoms with Crippen LogP contribution in [0.25, 0.3) is 0 Å². The lowest BCUT2D eigenvalue weighted by Gasteiger charge is -2.30. The molecule has 1 heterocycles. The van der Waals surface area contributed by atoms with E-state index in [1.54, 1.807) is 0 Å². The molecule has 2 N–H and O–H groups in total. The lowest BCUT2D eigenvalue weighted by molar-refractivity contribution is 0.124. The topological polar surface area (TPSA) is 75.6 Å². The summed E-state index contributed by atoms with van der Waals surface area (Å²) in [6.45, 7) is 7.04. The van der Waals surface area contributed by atoms with E-state index >= 15 is 0 Å². The van der Waals surface area contributed by atoms with Crippen molar-refractivity contribution in [3.63, 3.8) is 0 Å². The minimum atomic E-state index is -1.15. The van der Waals surface area contributed by atoms with Gasteiger partial charge in [0.2, 0.25) is 0 Å². The molecule has 1 aliphatic rings. The summed E-state index contributed by atoms with van der Waals surface area (Å²) >= 11 is -1.15. The van der Waals surface area contributed by atoms with Crippen molar-refractivity contribution in [3.8, 4) is 0 Å². The van der Waals surface area contributed by atoms with Crippen molar-refractivity contribution in [3.05, 3.63) is 29.8 Å². The Morgan fingerprint density at radius 1 is 1.35 bits per heavy atom. The maximum atomic E-state index is 12.3. The molecule has 0 bridgehead atoms. The SMILES string of the molecule is CC(C)(C)[S@@+]([O-])Nc1ccccc1CC1CCN(C(=O)O)CC1. The number of carbonyl (C=O) groups is 1. The molecule has 1 amide bonds. The van der Waals surface area contributed by atoms with E-state index in [4.69, 9.17) is 5.11 Å². The van der Waals surface area contributed by atoms with E-state index in [0.29, 0.717) is 19.0 Å². The Labute approximate surface area is 141 Å². The number of benzene rings is 1. The first-order valence-electron chi connectivity index (χ1n) is 8.01. The fraction of sp³-hybridized carbons (Fsp3) is 0.588. The van der Waals surface area contributed by atoms with Gasteiger partial charge >= 0.3 is 6.09 Å². The largest absolute Gasteiger partial charge is 0.593 e. The molecule has 0 radical (unpaired) electrons. The molecular weight excluding hydrogens is 312 g/mol. The van der Waals surface area contributed by atoms with Gasteiger partial charge in [-0.1, -0.05) is 18.2 Å². The number of hydrogen-bond donors (Lipinski definition) is 2. The van der Waals surface area contributed by atoms with Crippen molar-refractivity contribution in [1.29, 1.82) is 0 Å². The van der Waals surface area contributed by atoms with Crippen LogP contribution in [0, 0.1) is 5.92 Å². The third kappa shape index (κ3) is 5.04. The number of carboxylic acid groups (broad SMARTS) is 1. The number of nitrogens with one attached hydrogen (secondary N) is 1. The molecule has 2 rings (SSSR count). The van der Waals surface area contributed by atoms with Gasteiger partial charge in [0.1, 0.15) is 4.75 Å². The van der Waals surface area contributed by atoms with E-state index in [-0.39, 0.29) is 4.75 Å². The van der Waals surface area contributed by atoms with Gasteiger partial charge in [-0.3, -0.25) is 0 Å². The quantitative estimate of drug-likeness (QED) is 0.824. The zero-order valence-electron chi connectivity index (χ0n) is 14.0. The number of anilines is 1. The second-order valence-corrected chi connectivity index (χ2v) is 9.02. The summed E-state index contributed by atoms with van der Waals surface area (Å²) in [6, 6.07) is 7.96. The Kier molecular flexibility index (Phi) is 5.81. The molecule has 0 aromatic heterocycles. The van der Waals surface area contributed by atoms with E-state index in [9.17, 15) is 9.35 Å². The van der Waals surface area contributed by atoms with Gasteiger partial charge < -0.3 is 14.6 Å². The van der Waals surface area contributed by atoms with Gasteiger partial charge in [0.05, 0.1) is 17.0 Å². The van der Waals surface area contributed by atoms with Gasteiger partial charge in [0.25, 0.3) is 0 Å². The third-order valence-corrected chi connectivity index (χ3v) is 5.69. The third-order valence-electron chi connectivity index (χ3n) is 4.17. The molecule has 1 aromatic rings. The molecule has 0 saturated carbocycles. The Morgan fingerprint density at radius 2 is 1.96 bits per heavy atom. The number of para-hydroxylation sites is 1. The average molecular weight is 338 g/mol. The predicted octanol–water partition coefficient (Wildman–Crippen LogP) is 3.49. The first-order chi connectivity index (χ1) is 10.8. The molecule has 1 saturated heterocycles. The van der Waals surface area contributed by atoms with Gasteiger partial charge in [-0.05, 0) is 57.6 Å². The number of piperidine rings is 1. The lowest BCUT2D eigenvalue weighted by atomic mass is 9.90. The summed E-state index contributed by atoms with van der Waals surface area (Å²) in [7, 11) is 0. The van der Waals surface area contributed by atoms with Gasteiger partial charge in [0.15, 0.2) is 0 Å². The Balaban J connectivity index is 2.00. The molecule has 128 valence electrons. The number of amides is 1. The molecule has 23 heavy (non-hydrogen) atoms. The fourth-order valence-electron chi connectivity index (χ4n) is 2.69. The smallest absolute Gasteiger partial charge is 0.407 e. The molecule has 5 nitrogen and oxygen atoms in total. The summed E-state index contributed by atoms with van der Waals surface area (Å²) in [6.07, 6.45) is 1.82. The molecule has 1 aliphatic heterocycles. The summed E-state index contributed by atoms with van der Waals surface area (Å²) in [5, 5.41) is 9.02. The molecule has 1 aromatic carbocycles. The predicted molar refractivity (Wildman–Crippen MR) is 94.0 cm³/mol. The standard InChI is InChI=1S/C17H26N2O3S/c1-17(2,3)23(22)18-15-7-5-4-6-14(15)12-13-8-10-19(11-9-13)16(20)21/h4-7,13,18H,8-12H2,1-3H3,(H,20,21)/t23-/m1/s1. The fourth-order valence-corrected chi connectivity index (χ4v) is 3.40.